The summed E-state index contributed by atoms with van der Waals surface area (Å²) in [6.45, 7) is 1.75. The number of thiocarbonyl (C=S) groups is 2. The molecule has 0 radical (unpaired) electrons. The van der Waals surface area contributed by atoms with Gasteiger partial charge in [0.1, 0.15) is 6.04 Å². The van der Waals surface area contributed by atoms with E-state index >= 15 is 0 Å². The topological polar surface area (TPSA) is 43.9 Å². The molecule has 4 nitrogen and oxygen atoms in total. The average molecular weight is 434 g/mol. The van der Waals surface area contributed by atoms with Crippen molar-refractivity contribution in [3.05, 3.63) is 96.1 Å². The number of hydrogen-bond donors (Lipinski definition) is 3. The van der Waals surface area contributed by atoms with E-state index in [2.05, 4.69) is 40.2 Å². The minimum Gasteiger partial charge on any atom is -0.338 e. The van der Waals surface area contributed by atoms with Crippen LogP contribution >= 0.6 is 24.4 Å². The lowest BCUT2D eigenvalue weighted by Crippen LogP contribution is -2.88. The SMILES string of the molecule is S=C(Nc1ccccc1)N(C[C@H]1[NH2+]CCc2ccccc21)C(=S)Nc1ccccc1. The number of quaternary nitrogens is 1. The van der Waals surface area contributed by atoms with E-state index in [0.29, 0.717) is 16.8 Å². The van der Waals surface area contributed by atoms with Crippen molar-refractivity contribution in [2.24, 2.45) is 0 Å². The summed E-state index contributed by atoms with van der Waals surface area (Å²) >= 11 is 11.6. The van der Waals surface area contributed by atoms with Crippen molar-refractivity contribution >= 4 is 46.0 Å². The first-order valence-corrected chi connectivity index (χ1v) is 10.9. The largest absolute Gasteiger partial charge is 0.338 e. The fourth-order valence-electron chi connectivity index (χ4n) is 3.74. The molecule has 4 rings (SSSR count). The van der Waals surface area contributed by atoms with Crippen LogP contribution < -0.4 is 16.0 Å². The van der Waals surface area contributed by atoms with E-state index in [9.17, 15) is 0 Å². The van der Waals surface area contributed by atoms with Crippen molar-refractivity contribution in [1.82, 2.24) is 4.90 Å². The highest BCUT2D eigenvalue weighted by atomic mass is 32.1. The molecule has 0 aromatic heterocycles. The van der Waals surface area contributed by atoms with Gasteiger partial charge in [-0.05, 0) is 54.3 Å². The quantitative estimate of drug-likeness (QED) is 0.544. The molecular weight excluding hydrogens is 408 g/mol. The number of nitrogens with one attached hydrogen (secondary N) is 2. The molecule has 0 unspecified atom stereocenters. The molecule has 0 saturated carbocycles. The zero-order chi connectivity index (χ0) is 20.8. The first kappa shape index (κ1) is 20.5. The van der Waals surface area contributed by atoms with Gasteiger partial charge in [-0.25, -0.2) is 0 Å². The maximum atomic E-state index is 5.79. The summed E-state index contributed by atoms with van der Waals surface area (Å²) in [5, 5.41) is 10.2. The Balaban J connectivity index is 1.57. The summed E-state index contributed by atoms with van der Waals surface area (Å²) in [4.78, 5) is 1.99. The molecule has 0 saturated heterocycles. The molecule has 1 atom stereocenters. The average Bonchev–Trinajstić information content (AvgIpc) is 2.78. The molecule has 0 spiro atoms. The van der Waals surface area contributed by atoms with Gasteiger partial charge in [-0.15, -0.1) is 0 Å². The Hall–Kier alpha value is -2.80. The zero-order valence-electron chi connectivity index (χ0n) is 16.6. The molecule has 1 aliphatic heterocycles. The molecule has 4 N–H and O–H groups in total. The van der Waals surface area contributed by atoms with Crippen LogP contribution in [0.25, 0.3) is 0 Å². The van der Waals surface area contributed by atoms with Gasteiger partial charge in [-0.1, -0.05) is 60.7 Å². The summed E-state index contributed by atoms with van der Waals surface area (Å²) in [7, 11) is 0. The van der Waals surface area contributed by atoms with Crippen LogP contribution in [0, 0.1) is 0 Å². The highest BCUT2D eigenvalue weighted by Gasteiger charge is 2.28. The van der Waals surface area contributed by atoms with Crippen LogP contribution in [0.2, 0.25) is 0 Å². The second-order valence-corrected chi connectivity index (χ2v) is 8.06. The summed E-state index contributed by atoms with van der Waals surface area (Å²) in [6, 6.07) is 28.9. The Morgan fingerprint density at radius 2 is 1.33 bits per heavy atom. The molecule has 152 valence electrons. The van der Waals surface area contributed by atoms with Crippen molar-refractivity contribution in [3.63, 3.8) is 0 Å². The van der Waals surface area contributed by atoms with Gasteiger partial charge in [0.05, 0.1) is 13.1 Å². The van der Waals surface area contributed by atoms with E-state index < -0.39 is 0 Å². The van der Waals surface area contributed by atoms with E-state index in [1.807, 2.05) is 65.6 Å². The van der Waals surface area contributed by atoms with Crippen molar-refractivity contribution in [2.75, 3.05) is 23.7 Å². The second-order valence-electron chi connectivity index (χ2n) is 7.28. The molecule has 0 amide bonds. The van der Waals surface area contributed by atoms with Crippen molar-refractivity contribution in [2.45, 2.75) is 12.5 Å². The number of nitrogens with zero attached hydrogens (tertiary/aromatic N) is 1. The minimum atomic E-state index is 0.265. The number of benzene rings is 3. The number of rotatable bonds is 4. The van der Waals surface area contributed by atoms with Crippen LogP contribution in [0.5, 0.6) is 0 Å². The Morgan fingerprint density at radius 3 is 1.93 bits per heavy atom. The molecular formula is C24H25N4S2+. The van der Waals surface area contributed by atoms with E-state index in [1.54, 1.807) is 0 Å². The second kappa shape index (κ2) is 9.80. The van der Waals surface area contributed by atoms with Gasteiger partial charge in [-0.3, -0.25) is 4.90 Å². The van der Waals surface area contributed by atoms with E-state index in [0.717, 1.165) is 24.3 Å². The minimum absolute atomic E-state index is 0.265. The summed E-state index contributed by atoms with van der Waals surface area (Å²) in [6.07, 6.45) is 1.09. The van der Waals surface area contributed by atoms with E-state index in [1.165, 1.54) is 11.1 Å². The Bertz CT molecular complexity index is 954. The number of nitrogens with two attached hydrogens (primary N) is 1. The monoisotopic (exact) mass is 433 g/mol. The van der Waals surface area contributed by atoms with Crippen LogP contribution in [0.3, 0.4) is 0 Å². The van der Waals surface area contributed by atoms with E-state index in [-0.39, 0.29) is 6.04 Å². The fourth-order valence-corrected chi connectivity index (χ4v) is 4.37. The van der Waals surface area contributed by atoms with Crippen LogP contribution in [0.1, 0.15) is 17.2 Å². The fraction of sp³-hybridized carbons (Fsp3) is 0.167. The molecule has 1 heterocycles. The van der Waals surface area contributed by atoms with Crippen LogP contribution in [0.15, 0.2) is 84.9 Å². The van der Waals surface area contributed by atoms with Crippen molar-refractivity contribution < 1.29 is 5.32 Å². The molecule has 0 bridgehead atoms. The third-order valence-corrected chi connectivity index (χ3v) is 5.88. The molecule has 0 fully saturated rings. The molecule has 3 aromatic carbocycles. The normalized spacial score (nSPS) is 15.0. The van der Waals surface area contributed by atoms with Crippen LogP contribution in [-0.2, 0) is 6.42 Å². The third kappa shape index (κ3) is 5.02. The lowest BCUT2D eigenvalue weighted by Gasteiger charge is -2.32. The number of fused-ring (bicyclic) bond motifs is 1. The predicted octanol–water partition coefficient (Wildman–Crippen LogP) is 3.94. The van der Waals surface area contributed by atoms with Crippen molar-refractivity contribution in [1.29, 1.82) is 0 Å². The number of hydrogen-bond acceptors (Lipinski definition) is 2. The third-order valence-electron chi connectivity index (χ3n) is 5.24. The molecule has 1 aliphatic rings. The Kier molecular flexibility index (Phi) is 6.69. The van der Waals surface area contributed by atoms with Crippen molar-refractivity contribution in [3.8, 4) is 0 Å². The van der Waals surface area contributed by atoms with E-state index in [4.69, 9.17) is 24.4 Å². The Morgan fingerprint density at radius 1 is 0.800 bits per heavy atom. The molecule has 3 aromatic rings. The van der Waals surface area contributed by atoms with Gasteiger partial charge in [0.2, 0.25) is 0 Å². The maximum Gasteiger partial charge on any atom is 0.179 e. The predicted molar refractivity (Wildman–Crippen MR) is 132 cm³/mol. The van der Waals surface area contributed by atoms with Gasteiger partial charge in [0, 0.05) is 23.4 Å². The van der Waals surface area contributed by atoms with Gasteiger partial charge in [0.15, 0.2) is 10.2 Å². The Labute approximate surface area is 188 Å². The zero-order valence-corrected chi connectivity index (χ0v) is 18.3. The van der Waals surface area contributed by atoms with Gasteiger partial charge < -0.3 is 16.0 Å². The molecule has 30 heavy (non-hydrogen) atoms. The summed E-state index contributed by atoms with van der Waals surface area (Å²) in [5.41, 5.74) is 4.67. The number of anilines is 2. The van der Waals surface area contributed by atoms with Crippen LogP contribution in [-0.4, -0.2) is 28.2 Å². The van der Waals surface area contributed by atoms with Gasteiger partial charge >= 0.3 is 0 Å². The van der Waals surface area contributed by atoms with Crippen LogP contribution in [0.4, 0.5) is 11.4 Å². The highest BCUT2D eigenvalue weighted by molar-refractivity contribution is 7.82. The molecule has 0 aliphatic carbocycles. The smallest absolute Gasteiger partial charge is 0.179 e. The lowest BCUT2D eigenvalue weighted by molar-refractivity contribution is -0.698. The summed E-state index contributed by atoms with van der Waals surface area (Å²) < 4.78 is 0. The van der Waals surface area contributed by atoms with Gasteiger partial charge in [0.25, 0.3) is 0 Å². The number of para-hydroxylation sites is 2. The maximum absolute atomic E-state index is 5.79. The first-order valence-electron chi connectivity index (χ1n) is 10.1. The lowest BCUT2D eigenvalue weighted by atomic mass is 9.94. The first-order chi connectivity index (χ1) is 14.7. The highest BCUT2D eigenvalue weighted by Crippen LogP contribution is 2.21. The summed E-state index contributed by atoms with van der Waals surface area (Å²) in [5.74, 6) is 0. The standard InChI is InChI=1S/C24H24N4S2/c29-23(26-19-10-3-1-4-11-19)28(24(30)27-20-12-5-2-6-13-20)17-22-21-14-8-7-9-18(21)15-16-25-22/h1-14,22,25H,15-17H2,(H,26,29)(H,27,30)/p+1/t22-/m1/s1. The van der Waals surface area contributed by atoms with Gasteiger partial charge in [-0.2, -0.15) is 0 Å². The molecule has 6 heteroatoms.